The van der Waals surface area contributed by atoms with Gasteiger partial charge in [-0.3, -0.25) is 9.67 Å². The van der Waals surface area contributed by atoms with Gasteiger partial charge in [0.2, 0.25) is 0 Å². The molecular formula is C18H16N6. The van der Waals surface area contributed by atoms with Crippen molar-refractivity contribution in [1.82, 2.24) is 24.7 Å². The number of anilines is 1. The fourth-order valence-electron chi connectivity index (χ4n) is 2.56. The molecule has 3 heterocycles. The number of aromatic nitrogens is 5. The fraction of sp³-hybridized carbons (Fsp3) is 0.111. The Kier molecular flexibility index (Phi) is 3.63. The normalized spacial score (nSPS) is 10.9. The Balaban J connectivity index is 1.76. The van der Waals surface area contributed by atoms with Crippen LogP contribution in [-0.2, 0) is 13.6 Å². The maximum atomic E-state index is 4.68. The van der Waals surface area contributed by atoms with Gasteiger partial charge >= 0.3 is 0 Å². The van der Waals surface area contributed by atoms with Gasteiger partial charge in [0.25, 0.3) is 0 Å². The minimum absolute atomic E-state index is 0.634. The Labute approximate surface area is 139 Å². The highest BCUT2D eigenvalue weighted by atomic mass is 15.3. The van der Waals surface area contributed by atoms with E-state index in [-0.39, 0.29) is 0 Å². The molecule has 24 heavy (non-hydrogen) atoms. The second-order valence-electron chi connectivity index (χ2n) is 5.48. The average molecular weight is 316 g/mol. The molecule has 0 saturated heterocycles. The summed E-state index contributed by atoms with van der Waals surface area (Å²) >= 11 is 0. The number of rotatable bonds is 4. The van der Waals surface area contributed by atoms with E-state index in [0.29, 0.717) is 12.4 Å². The Bertz CT molecular complexity index is 963. The van der Waals surface area contributed by atoms with Crippen molar-refractivity contribution in [1.29, 1.82) is 0 Å². The summed E-state index contributed by atoms with van der Waals surface area (Å²) in [7, 11) is 1.88. The van der Waals surface area contributed by atoms with Gasteiger partial charge in [-0.15, -0.1) is 0 Å². The summed E-state index contributed by atoms with van der Waals surface area (Å²) in [6.45, 7) is 0.689. The molecule has 0 spiro atoms. The van der Waals surface area contributed by atoms with Crippen LogP contribution in [0.15, 0.2) is 61.1 Å². The van der Waals surface area contributed by atoms with E-state index in [1.165, 1.54) is 5.56 Å². The predicted octanol–water partition coefficient (Wildman–Crippen LogP) is 3.04. The lowest BCUT2D eigenvalue weighted by atomic mass is 10.2. The van der Waals surface area contributed by atoms with E-state index in [2.05, 4.69) is 37.5 Å². The second-order valence-corrected chi connectivity index (χ2v) is 5.48. The zero-order chi connectivity index (χ0) is 16.4. The van der Waals surface area contributed by atoms with Crippen LogP contribution in [0.25, 0.3) is 22.4 Å². The van der Waals surface area contributed by atoms with Crippen LogP contribution in [0.5, 0.6) is 0 Å². The van der Waals surface area contributed by atoms with Gasteiger partial charge in [-0.05, 0) is 17.7 Å². The summed E-state index contributed by atoms with van der Waals surface area (Å²) in [4.78, 5) is 13.5. The van der Waals surface area contributed by atoms with Gasteiger partial charge in [0.15, 0.2) is 11.5 Å². The molecule has 6 nitrogen and oxygen atoms in total. The summed E-state index contributed by atoms with van der Waals surface area (Å²) in [6.07, 6.45) is 5.29. The van der Waals surface area contributed by atoms with Crippen LogP contribution >= 0.6 is 0 Å². The molecule has 4 aromatic rings. The van der Waals surface area contributed by atoms with Crippen LogP contribution in [0.4, 0.5) is 5.82 Å². The Morgan fingerprint density at radius 1 is 1.00 bits per heavy atom. The molecule has 6 heteroatoms. The standard InChI is InChI=1S/C18H16N6/c1-24-18-15(12-21-24)17(20-10-13-6-3-2-4-7-13)22-16(23-18)14-8-5-9-19-11-14/h2-9,11-12H,10H2,1H3,(H,20,22,23). The third-order valence-corrected chi connectivity index (χ3v) is 3.81. The molecule has 118 valence electrons. The molecule has 0 aliphatic carbocycles. The fourth-order valence-corrected chi connectivity index (χ4v) is 2.56. The van der Waals surface area contributed by atoms with Gasteiger partial charge in [0, 0.05) is 31.5 Å². The SMILES string of the molecule is Cn1ncc2c(NCc3ccccc3)nc(-c3cccnc3)nc21. The monoisotopic (exact) mass is 316 g/mol. The van der Waals surface area contributed by atoms with Crippen LogP contribution in [0, 0.1) is 0 Å². The first kappa shape index (κ1) is 14.3. The molecule has 4 rings (SSSR count). The minimum atomic E-state index is 0.634. The van der Waals surface area contributed by atoms with Crippen molar-refractivity contribution < 1.29 is 0 Å². The summed E-state index contributed by atoms with van der Waals surface area (Å²) in [5.74, 6) is 1.41. The molecule has 0 saturated carbocycles. The van der Waals surface area contributed by atoms with E-state index in [4.69, 9.17) is 0 Å². The first-order valence-corrected chi connectivity index (χ1v) is 7.69. The molecule has 0 unspecified atom stereocenters. The smallest absolute Gasteiger partial charge is 0.165 e. The summed E-state index contributed by atoms with van der Waals surface area (Å²) in [6, 6.07) is 14.0. The van der Waals surface area contributed by atoms with Crippen molar-refractivity contribution >= 4 is 16.9 Å². The Morgan fingerprint density at radius 3 is 2.67 bits per heavy atom. The predicted molar refractivity (Wildman–Crippen MR) is 93.3 cm³/mol. The number of nitrogens with zero attached hydrogens (tertiary/aromatic N) is 5. The number of nitrogens with one attached hydrogen (secondary N) is 1. The third-order valence-electron chi connectivity index (χ3n) is 3.81. The minimum Gasteiger partial charge on any atom is -0.365 e. The molecule has 0 aliphatic rings. The van der Waals surface area contributed by atoms with Crippen molar-refractivity contribution in [2.45, 2.75) is 6.54 Å². The van der Waals surface area contributed by atoms with Crippen LogP contribution in [0.2, 0.25) is 0 Å². The number of aryl methyl sites for hydroxylation is 1. The Hall–Kier alpha value is -3.28. The molecular weight excluding hydrogens is 300 g/mol. The van der Waals surface area contributed by atoms with Crippen molar-refractivity contribution in [3.8, 4) is 11.4 Å². The number of hydrogen-bond acceptors (Lipinski definition) is 5. The van der Waals surface area contributed by atoms with Crippen LogP contribution < -0.4 is 5.32 Å². The average Bonchev–Trinajstić information content (AvgIpc) is 3.02. The van der Waals surface area contributed by atoms with E-state index in [1.807, 2.05) is 37.4 Å². The molecule has 1 aromatic carbocycles. The van der Waals surface area contributed by atoms with Gasteiger partial charge in [-0.25, -0.2) is 9.97 Å². The van der Waals surface area contributed by atoms with Crippen molar-refractivity contribution in [3.05, 3.63) is 66.6 Å². The van der Waals surface area contributed by atoms with Crippen LogP contribution in [0.1, 0.15) is 5.56 Å². The lowest BCUT2D eigenvalue weighted by Gasteiger charge is -2.09. The lowest BCUT2D eigenvalue weighted by molar-refractivity contribution is 0.786. The quantitative estimate of drug-likeness (QED) is 0.627. The Morgan fingerprint density at radius 2 is 1.88 bits per heavy atom. The summed E-state index contributed by atoms with van der Waals surface area (Å²) < 4.78 is 1.75. The van der Waals surface area contributed by atoms with Crippen molar-refractivity contribution in [2.24, 2.45) is 7.05 Å². The highest BCUT2D eigenvalue weighted by Gasteiger charge is 2.12. The van der Waals surface area contributed by atoms with Crippen LogP contribution in [0.3, 0.4) is 0 Å². The molecule has 0 fully saturated rings. The number of benzene rings is 1. The van der Waals surface area contributed by atoms with Gasteiger partial charge < -0.3 is 5.32 Å². The molecule has 3 aromatic heterocycles. The van der Waals surface area contributed by atoms with Crippen LogP contribution in [-0.4, -0.2) is 24.7 Å². The zero-order valence-corrected chi connectivity index (χ0v) is 13.2. The van der Waals surface area contributed by atoms with Crippen molar-refractivity contribution in [3.63, 3.8) is 0 Å². The van der Waals surface area contributed by atoms with E-state index in [0.717, 1.165) is 22.4 Å². The topological polar surface area (TPSA) is 68.5 Å². The number of hydrogen-bond donors (Lipinski definition) is 1. The number of pyridine rings is 1. The molecule has 0 bridgehead atoms. The first-order valence-electron chi connectivity index (χ1n) is 7.69. The first-order chi connectivity index (χ1) is 11.8. The van der Waals surface area contributed by atoms with Gasteiger partial charge in [0.05, 0.1) is 11.6 Å². The summed E-state index contributed by atoms with van der Waals surface area (Å²) in [5, 5.41) is 8.61. The molecule has 0 aliphatic heterocycles. The van der Waals surface area contributed by atoms with E-state index in [1.54, 1.807) is 23.3 Å². The maximum Gasteiger partial charge on any atom is 0.165 e. The molecule has 1 N–H and O–H groups in total. The second kappa shape index (κ2) is 6.08. The third kappa shape index (κ3) is 2.69. The highest BCUT2D eigenvalue weighted by Crippen LogP contribution is 2.24. The van der Waals surface area contributed by atoms with E-state index >= 15 is 0 Å². The highest BCUT2D eigenvalue weighted by molar-refractivity contribution is 5.88. The van der Waals surface area contributed by atoms with Gasteiger partial charge in [-0.2, -0.15) is 5.10 Å². The summed E-state index contributed by atoms with van der Waals surface area (Å²) in [5.41, 5.74) is 2.86. The molecule has 0 amide bonds. The molecule has 0 radical (unpaired) electrons. The van der Waals surface area contributed by atoms with Gasteiger partial charge in [-0.1, -0.05) is 30.3 Å². The van der Waals surface area contributed by atoms with E-state index in [9.17, 15) is 0 Å². The van der Waals surface area contributed by atoms with Gasteiger partial charge in [0.1, 0.15) is 5.82 Å². The lowest BCUT2D eigenvalue weighted by Crippen LogP contribution is -2.04. The zero-order valence-electron chi connectivity index (χ0n) is 13.2. The largest absolute Gasteiger partial charge is 0.365 e. The number of fused-ring (bicyclic) bond motifs is 1. The maximum absolute atomic E-state index is 4.68. The van der Waals surface area contributed by atoms with Crippen molar-refractivity contribution in [2.75, 3.05) is 5.32 Å². The molecule has 0 atom stereocenters. The van der Waals surface area contributed by atoms with E-state index < -0.39 is 0 Å².